The highest BCUT2D eigenvalue weighted by Gasteiger charge is 2.11. The number of nitrogens with zero attached hydrogens (tertiary/aromatic N) is 1. The predicted molar refractivity (Wildman–Crippen MR) is 51.1 cm³/mol. The van der Waals surface area contributed by atoms with Crippen LogP contribution in [0.3, 0.4) is 0 Å². The van der Waals surface area contributed by atoms with E-state index >= 15 is 0 Å². The van der Waals surface area contributed by atoms with Crippen molar-refractivity contribution >= 4 is 5.91 Å². The first kappa shape index (κ1) is 10.6. The van der Waals surface area contributed by atoms with Crippen LogP contribution in [0.25, 0.3) is 0 Å². The maximum Gasteiger partial charge on any atom is 0.250 e. The van der Waals surface area contributed by atoms with Crippen LogP contribution in [0.5, 0.6) is 0 Å². The summed E-state index contributed by atoms with van der Waals surface area (Å²) in [5.41, 5.74) is 6.05. The van der Waals surface area contributed by atoms with E-state index in [0.29, 0.717) is 6.54 Å². The smallest absolute Gasteiger partial charge is 0.250 e. The van der Waals surface area contributed by atoms with Crippen molar-refractivity contribution in [1.82, 2.24) is 10.3 Å². The Morgan fingerprint density at radius 1 is 1.57 bits per heavy atom. The van der Waals surface area contributed by atoms with E-state index in [2.05, 4.69) is 10.3 Å². The van der Waals surface area contributed by atoms with E-state index in [-0.39, 0.29) is 6.54 Å². The Balaban J connectivity index is 2.38. The lowest BCUT2D eigenvalue weighted by Crippen LogP contribution is -2.38. The van der Waals surface area contributed by atoms with Crippen LogP contribution in [0.4, 0.5) is 0 Å². The molecule has 1 rings (SSSR count). The van der Waals surface area contributed by atoms with Gasteiger partial charge >= 0.3 is 0 Å². The highest BCUT2D eigenvalue weighted by atomic mass is 16.3. The van der Waals surface area contributed by atoms with Crippen LogP contribution in [0.1, 0.15) is 5.56 Å². The molecule has 1 atom stereocenters. The molecule has 0 bridgehead atoms. The molecule has 4 N–H and O–H groups in total. The first-order valence-corrected chi connectivity index (χ1v) is 4.29. The van der Waals surface area contributed by atoms with Gasteiger partial charge in [-0.05, 0) is 17.7 Å². The van der Waals surface area contributed by atoms with Gasteiger partial charge in [0.1, 0.15) is 6.10 Å². The summed E-state index contributed by atoms with van der Waals surface area (Å²) in [4.78, 5) is 14.9. The molecule has 0 unspecified atom stereocenters. The number of amides is 1. The lowest BCUT2D eigenvalue weighted by atomic mass is 10.2. The normalized spacial score (nSPS) is 12.1. The molecular weight excluding hydrogens is 182 g/mol. The summed E-state index contributed by atoms with van der Waals surface area (Å²) in [6, 6.07) is 3.57. The number of hydrogen-bond acceptors (Lipinski definition) is 4. The molecule has 5 nitrogen and oxygen atoms in total. The minimum atomic E-state index is -1.13. The third-order valence-corrected chi connectivity index (χ3v) is 1.74. The van der Waals surface area contributed by atoms with Crippen LogP contribution >= 0.6 is 0 Å². The Hall–Kier alpha value is -1.46. The fourth-order valence-electron chi connectivity index (χ4n) is 0.915. The highest BCUT2D eigenvalue weighted by molar-refractivity contribution is 5.80. The largest absolute Gasteiger partial charge is 0.382 e. The van der Waals surface area contributed by atoms with Crippen molar-refractivity contribution in [3.8, 4) is 0 Å². The monoisotopic (exact) mass is 195 g/mol. The summed E-state index contributed by atoms with van der Waals surface area (Å²) in [7, 11) is 0. The Labute approximate surface area is 82.0 Å². The number of nitrogens with one attached hydrogen (secondary N) is 1. The SMILES string of the molecule is NC[C@H](O)C(=O)NCc1ccncc1. The molecule has 14 heavy (non-hydrogen) atoms. The average molecular weight is 195 g/mol. The highest BCUT2D eigenvalue weighted by Crippen LogP contribution is 1.94. The maximum absolute atomic E-state index is 11.1. The summed E-state index contributed by atoms with van der Waals surface area (Å²) in [5, 5.41) is 11.6. The molecule has 0 saturated heterocycles. The summed E-state index contributed by atoms with van der Waals surface area (Å²) in [6.45, 7) is 0.306. The number of nitrogens with two attached hydrogens (primary N) is 1. The van der Waals surface area contributed by atoms with Crippen LogP contribution in [0.2, 0.25) is 0 Å². The van der Waals surface area contributed by atoms with Crippen LogP contribution in [-0.4, -0.2) is 28.6 Å². The number of carbonyl (C=O) groups excluding carboxylic acids is 1. The molecule has 0 radical (unpaired) electrons. The van der Waals surface area contributed by atoms with Gasteiger partial charge in [0.15, 0.2) is 0 Å². The number of pyridine rings is 1. The molecule has 1 aromatic rings. The van der Waals surface area contributed by atoms with E-state index in [4.69, 9.17) is 10.8 Å². The number of hydrogen-bond donors (Lipinski definition) is 3. The molecule has 1 aromatic heterocycles. The summed E-state index contributed by atoms with van der Waals surface area (Å²) >= 11 is 0. The van der Waals surface area contributed by atoms with Crippen molar-refractivity contribution in [1.29, 1.82) is 0 Å². The second-order valence-electron chi connectivity index (χ2n) is 2.82. The van der Waals surface area contributed by atoms with Crippen LogP contribution in [-0.2, 0) is 11.3 Å². The number of rotatable bonds is 4. The Bertz CT molecular complexity index is 289. The molecule has 0 aromatic carbocycles. The quantitative estimate of drug-likeness (QED) is 0.576. The summed E-state index contributed by atoms with van der Waals surface area (Å²) in [6.07, 6.45) is 2.15. The molecule has 0 aliphatic heterocycles. The average Bonchev–Trinajstić information content (AvgIpc) is 2.26. The number of aliphatic hydroxyl groups is 1. The van der Waals surface area contributed by atoms with Crippen molar-refractivity contribution in [3.05, 3.63) is 30.1 Å². The van der Waals surface area contributed by atoms with Crippen LogP contribution in [0.15, 0.2) is 24.5 Å². The van der Waals surface area contributed by atoms with Gasteiger partial charge in [-0.1, -0.05) is 0 Å². The van der Waals surface area contributed by atoms with Gasteiger partial charge in [-0.25, -0.2) is 0 Å². The van der Waals surface area contributed by atoms with E-state index in [1.165, 1.54) is 0 Å². The standard InChI is InChI=1S/C9H13N3O2/c10-5-8(13)9(14)12-6-7-1-3-11-4-2-7/h1-4,8,13H,5-6,10H2,(H,12,14)/t8-/m0/s1. The van der Waals surface area contributed by atoms with E-state index in [1.54, 1.807) is 24.5 Å². The number of aliphatic hydroxyl groups excluding tert-OH is 1. The summed E-state index contributed by atoms with van der Waals surface area (Å²) < 4.78 is 0. The van der Waals surface area contributed by atoms with Crippen LogP contribution in [0, 0.1) is 0 Å². The van der Waals surface area contributed by atoms with Gasteiger partial charge in [0.25, 0.3) is 0 Å². The second-order valence-corrected chi connectivity index (χ2v) is 2.82. The molecule has 0 aliphatic rings. The zero-order valence-electron chi connectivity index (χ0n) is 7.68. The molecular formula is C9H13N3O2. The van der Waals surface area contributed by atoms with Crippen molar-refractivity contribution in [3.63, 3.8) is 0 Å². The Kier molecular flexibility index (Phi) is 4.03. The fourth-order valence-corrected chi connectivity index (χ4v) is 0.915. The van der Waals surface area contributed by atoms with E-state index < -0.39 is 12.0 Å². The third-order valence-electron chi connectivity index (χ3n) is 1.74. The van der Waals surface area contributed by atoms with Gasteiger partial charge in [0.2, 0.25) is 5.91 Å². The number of aromatic nitrogens is 1. The first-order chi connectivity index (χ1) is 6.74. The Morgan fingerprint density at radius 2 is 2.21 bits per heavy atom. The van der Waals surface area contributed by atoms with Gasteiger partial charge in [-0.3, -0.25) is 9.78 Å². The molecule has 1 amide bonds. The third kappa shape index (κ3) is 3.12. The fraction of sp³-hybridized carbons (Fsp3) is 0.333. The minimum absolute atomic E-state index is 0.0673. The van der Waals surface area contributed by atoms with Crippen molar-refractivity contribution in [2.24, 2.45) is 5.73 Å². The van der Waals surface area contributed by atoms with E-state index in [9.17, 15) is 4.79 Å². The van der Waals surface area contributed by atoms with Gasteiger partial charge in [0, 0.05) is 25.5 Å². The van der Waals surface area contributed by atoms with Crippen molar-refractivity contribution in [2.75, 3.05) is 6.54 Å². The molecule has 0 saturated carbocycles. The van der Waals surface area contributed by atoms with Gasteiger partial charge in [-0.15, -0.1) is 0 Å². The number of carbonyl (C=O) groups is 1. The van der Waals surface area contributed by atoms with Gasteiger partial charge in [-0.2, -0.15) is 0 Å². The molecule has 0 spiro atoms. The molecule has 5 heteroatoms. The molecule has 1 heterocycles. The zero-order valence-corrected chi connectivity index (χ0v) is 7.68. The molecule has 0 fully saturated rings. The lowest BCUT2D eigenvalue weighted by molar-refractivity contribution is -0.128. The predicted octanol–water partition coefficient (Wildman–Crippen LogP) is -0.983. The second kappa shape index (κ2) is 5.31. The zero-order chi connectivity index (χ0) is 10.4. The maximum atomic E-state index is 11.1. The molecule has 0 aliphatic carbocycles. The van der Waals surface area contributed by atoms with Crippen LogP contribution < -0.4 is 11.1 Å². The van der Waals surface area contributed by atoms with Crippen molar-refractivity contribution in [2.45, 2.75) is 12.6 Å². The summed E-state index contributed by atoms with van der Waals surface area (Å²) in [5.74, 6) is -0.454. The molecule has 76 valence electrons. The van der Waals surface area contributed by atoms with E-state index in [0.717, 1.165) is 5.56 Å². The van der Waals surface area contributed by atoms with Gasteiger partial charge < -0.3 is 16.2 Å². The first-order valence-electron chi connectivity index (χ1n) is 4.29. The minimum Gasteiger partial charge on any atom is -0.382 e. The Morgan fingerprint density at radius 3 is 2.79 bits per heavy atom. The van der Waals surface area contributed by atoms with E-state index in [1.807, 2.05) is 0 Å². The van der Waals surface area contributed by atoms with Crippen molar-refractivity contribution < 1.29 is 9.90 Å². The van der Waals surface area contributed by atoms with Gasteiger partial charge in [0.05, 0.1) is 0 Å². The lowest BCUT2D eigenvalue weighted by Gasteiger charge is -2.08. The topological polar surface area (TPSA) is 88.2 Å².